The molecular formula is C22H24N2O3S. The van der Waals surface area contributed by atoms with Gasteiger partial charge in [0.05, 0.1) is 6.42 Å². The van der Waals surface area contributed by atoms with Gasteiger partial charge >= 0.3 is 0 Å². The van der Waals surface area contributed by atoms with Crippen molar-refractivity contribution in [2.45, 2.75) is 25.0 Å². The fourth-order valence-corrected chi connectivity index (χ4v) is 4.39. The van der Waals surface area contributed by atoms with Crippen LogP contribution in [0.5, 0.6) is 11.5 Å². The molecule has 2 aliphatic heterocycles. The lowest BCUT2D eigenvalue weighted by molar-refractivity contribution is -0.126. The van der Waals surface area contributed by atoms with Crippen molar-refractivity contribution in [2.75, 3.05) is 26.3 Å². The van der Waals surface area contributed by atoms with Crippen molar-refractivity contribution in [3.8, 4) is 11.5 Å². The molecule has 6 heteroatoms. The van der Waals surface area contributed by atoms with Crippen molar-refractivity contribution in [1.82, 2.24) is 4.90 Å². The van der Waals surface area contributed by atoms with Crippen LogP contribution in [-0.2, 0) is 17.6 Å². The molecule has 0 saturated carbocycles. The molecule has 2 aliphatic rings. The number of fused-ring (bicyclic) bond motifs is 1. The second-order valence-corrected chi connectivity index (χ2v) is 8.39. The van der Waals surface area contributed by atoms with Crippen LogP contribution in [0, 0.1) is 0 Å². The normalized spacial score (nSPS) is 19.8. The van der Waals surface area contributed by atoms with E-state index in [4.69, 9.17) is 14.5 Å². The van der Waals surface area contributed by atoms with Gasteiger partial charge in [0, 0.05) is 18.3 Å². The molecule has 1 saturated heterocycles. The molecular weight excluding hydrogens is 372 g/mol. The number of aliphatic imine (C=N–C) groups is 1. The minimum atomic E-state index is 0.0759. The fourth-order valence-electron chi connectivity index (χ4n) is 3.34. The molecule has 146 valence electrons. The molecule has 0 aliphatic carbocycles. The highest BCUT2D eigenvalue weighted by Crippen LogP contribution is 2.31. The maximum atomic E-state index is 12.9. The Labute approximate surface area is 169 Å². The molecule has 1 amide bonds. The molecule has 2 aromatic rings. The van der Waals surface area contributed by atoms with Crippen molar-refractivity contribution in [1.29, 1.82) is 0 Å². The second kappa shape index (κ2) is 8.69. The number of hydrogen-bond acceptors (Lipinski definition) is 5. The Balaban J connectivity index is 1.41. The second-order valence-electron chi connectivity index (χ2n) is 6.99. The number of carbonyl (C=O) groups excluding carboxylic acids is 1. The summed E-state index contributed by atoms with van der Waals surface area (Å²) in [5.74, 6) is 1.54. The summed E-state index contributed by atoms with van der Waals surface area (Å²) in [6.45, 7) is 4.64. The smallest absolute Gasteiger partial charge is 0.232 e. The van der Waals surface area contributed by atoms with Gasteiger partial charge in [0.2, 0.25) is 5.91 Å². The maximum absolute atomic E-state index is 12.9. The summed E-state index contributed by atoms with van der Waals surface area (Å²) in [4.78, 5) is 19.5. The van der Waals surface area contributed by atoms with Crippen LogP contribution in [0.4, 0.5) is 0 Å². The average Bonchev–Trinajstić information content (AvgIpc) is 3.09. The highest BCUT2D eigenvalue weighted by molar-refractivity contribution is 8.14. The number of rotatable bonds is 5. The monoisotopic (exact) mass is 396 g/mol. The van der Waals surface area contributed by atoms with Crippen LogP contribution in [0.2, 0.25) is 0 Å². The Morgan fingerprint density at radius 1 is 1.11 bits per heavy atom. The molecule has 2 heterocycles. The zero-order chi connectivity index (χ0) is 19.3. The molecule has 0 bridgehead atoms. The SMILES string of the molecule is C[C@@H]1CN(C(=O)Cc2ccc3c(c2)OCCO3)C(=NCCc2ccccc2)S1. The quantitative estimate of drug-likeness (QED) is 0.775. The molecule has 0 aromatic heterocycles. The van der Waals surface area contributed by atoms with Crippen LogP contribution in [-0.4, -0.2) is 47.5 Å². The predicted octanol–water partition coefficient (Wildman–Crippen LogP) is 3.56. The Morgan fingerprint density at radius 3 is 2.71 bits per heavy atom. The van der Waals surface area contributed by atoms with Gasteiger partial charge < -0.3 is 9.47 Å². The number of thioether (sulfide) groups is 1. The Bertz CT molecular complexity index is 869. The standard InChI is InChI=1S/C22H24N2O3S/c1-16-15-24(22(28-16)23-10-9-17-5-3-2-4-6-17)21(25)14-18-7-8-19-20(13-18)27-12-11-26-19/h2-8,13,16H,9-12,14-15H2,1H3/t16-/m1/s1. The first-order valence-electron chi connectivity index (χ1n) is 9.63. The predicted molar refractivity (Wildman–Crippen MR) is 112 cm³/mol. The van der Waals surface area contributed by atoms with Gasteiger partial charge in [-0.2, -0.15) is 0 Å². The summed E-state index contributed by atoms with van der Waals surface area (Å²) >= 11 is 1.68. The van der Waals surface area contributed by atoms with E-state index < -0.39 is 0 Å². The summed E-state index contributed by atoms with van der Waals surface area (Å²) in [6, 6.07) is 16.0. The number of amidine groups is 1. The van der Waals surface area contributed by atoms with Gasteiger partial charge in [-0.1, -0.05) is 55.1 Å². The highest BCUT2D eigenvalue weighted by atomic mass is 32.2. The summed E-state index contributed by atoms with van der Waals surface area (Å²) in [6.07, 6.45) is 1.21. The lowest BCUT2D eigenvalue weighted by Gasteiger charge is -2.20. The molecule has 0 unspecified atom stereocenters. The summed E-state index contributed by atoms with van der Waals surface area (Å²) in [7, 11) is 0. The van der Waals surface area contributed by atoms with Crippen LogP contribution in [0.3, 0.4) is 0 Å². The van der Waals surface area contributed by atoms with E-state index in [1.807, 2.05) is 41.3 Å². The zero-order valence-corrected chi connectivity index (χ0v) is 16.8. The van der Waals surface area contributed by atoms with Gasteiger partial charge in [-0.15, -0.1) is 0 Å². The number of amides is 1. The first kappa shape index (κ1) is 18.9. The van der Waals surface area contributed by atoms with Gasteiger partial charge in [0.1, 0.15) is 13.2 Å². The summed E-state index contributed by atoms with van der Waals surface area (Å²) < 4.78 is 11.2. The maximum Gasteiger partial charge on any atom is 0.232 e. The topological polar surface area (TPSA) is 51.1 Å². The molecule has 1 atom stereocenters. The van der Waals surface area contributed by atoms with Gasteiger partial charge in [0.15, 0.2) is 16.7 Å². The highest BCUT2D eigenvalue weighted by Gasteiger charge is 2.30. The third kappa shape index (κ3) is 4.50. The van der Waals surface area contributed by atoms with Gasteiger partial charge in [0.25, 0.3) is 0 Å². The Kier molecular flexibility index (Phi) is 5.86. The van der Waals surface area contributed by atoms with Gasteiger partial charge in [-0.25, -0.2) is 0 Å². The first-order valence-corrected chi connectivity index (χ1v) is 10.5. The van der Waals surface area contributed by atoms with E-state index in [0.29, 0.717) is 38.0 Å². The number of hydrogen-bond donors (Lipinski definition) is 0. The fraction of sp³-hybridized carbons (Fsp3) is 0.364. The number of nitrogens with zero attached hydrogens (tertiary/aromatic N) is 2. The third-order valence-corrected chi connectivity index (χ3v) is 5.84. The lowest BCUT2D eigenvalue weighted by Crippen LogP contribution is -2.34. The van der Waals surface area contributed by atoms with Crippen molar-refractivity contribution in [3.63, 3.8) is 0 Å². The molecule has 5 nitrogen and oxygen atoms in total. The molecule has 2 aromatic carbocycles. The Hall–Kier alpha value is -2.47. The molecule has 28 heavy (non-hydrogen) atoms. The number of carbonyl (C=O) groups is 1. The average molecular weight is 397 g/mol. The minimum Gasteiger partial charge on any atom is -0.486 e. The Morgan fingerprint density at radius 2 is 1.89 bits per heavy atom. The lowest BCUT2D eigenvalue weighted by atomic mass is 10.1. The van der Waals surface area contributed by atoms with Crippen LogP contribution in [0.1, 0.15) is 18.1 Å². The third-order valence-electron chi connectivity index (χ3n) is 4.73. The van der Waals surface area contributed by atoms with Crippen molar-refractivity contribution in [3.05, 3.63) is 59.7 Å². The van der Waals surface area contributed by atoms with E-state index in [-0.39, 0.29) is 5.91 Å². The van der Waals surface area contributed by atoms with Gasteiger partial charge in [-0.3, -0.25) is 14.7 Å². The van der Waals surface area contributed by atoms with Crippen molar-refractivity contribution in [2.24, 2.45) is 4.99 Å². The molecule has 4 rings (SSSR count). The molecule has 0 radical (unpaired) electrons. The first-order chi connectivity index (χ1) is 13.7. The zero-order valence-electron chi connectivity index (χ0n) is 16.0. The largest absolute Gasteiger partial charge is 0.486 e. The number of benzene rings is 2. The van der Waals surface area contributed by atoms with Crippen LogP contribution < -0.4 is 9.47 Å². The van der Waals surface area contributed by atoms with E-state index in [2.05, 4.69) is 19.1 Å². The molecule has 0 spiro atoms. The molecule has 1 fully saturated rings. The van der Waals surface area contributed by atoms with Gasteiger partial charge in [-0.05, 0) is 29.7 Å². The minimum absolute atomic E-state index is 0.0759. The van der Waals surface area contributed by atoms with Crippen molar-refractivity contribution < 1.29 is 14.3 Å². The summed E-state index contributed by atoms with van der Waals surface area (Å²) in [5, 5.41) is 1.20. The van der Waals surface area contributed by atoms with Crippen LogP contribution in [0.25, 0.3) is 0 Å². The van der Waals surface area contributed by atoms with Crippen molar-refractivity contribution >= 4 is 22.8 Å². The van der Waals surface area contributed by atoms with E-state index in [1.165, 1.54) is 5.56 Å². The van der Waals surface area contributed by atoms with E-state index in [1.54, 1.807) is 11.8 Å². The molecule has 0 N–H and O–H groups in total. The number of ether oxygens (including phenoxy) is 2. The van der Waals surface area contributed by atoms with E-state index in [0.717, 1.165) is 28.7 Å². The van der Waals surface area contributed by atoms with Crippen LogP contribution in [0.15, 0.2) is 53.5 Å². The summed E-state index contributed by atoms with van der Waals surface area (Å²) in [5.41, 5.74) is 2.19. The van der Waals surface area contributed by atoms with Crippen LogP contribution >= 0.6 is 11.8 Å². The van der Waals surface area contributed by atoms with E-state index >= 15 is 0 Å². The van der Waals surface area contributed by atoms with E-state index in [9.17, 15) is 4.79 Å².